The highest BCUT2D eigenvalue weighted by atomic mass is 16.2. The first kappa shape index (κ1) is 17.9. The molecule has 0 bridgehead atoms. The number of aromatic amines is 1. The van der Waals surface area contributed by atoms with Gasteiger partial charge in [-0.2, -0.15) is 0 Å². The van der Waals surface area contributed by atoms with E-state index in [9.17, 15) is 9.59 Å². The van der Waals surface area contributed by atoms with Crippen molar-refractivity contribution in [2.24, 2.45) is 0 Å². The van der Waals surface area contributed by atoms with Gasteiger partial charge in [0.25, 0.3) is 5.56 Å². The lowest BCUT2D eigenvalue weighted by molar-refractivity contribution is 0.542. The van der Waals surface area contributed by atoms with Gasteiger partial charge < -0.3 is 0 Å². The molecule has 1 N–H and O–H groups in total. The van der Waals surface area contributed by atoms with Crippen molar-refractivity contribution in [1.29, 1.82) is 0 Å². The Labute approximate surface area is 142 Å². The first-order valence-corrected chi connectivity index (χ1v) is 8.62. The van der Waals surface area contributed by atoms with E-state index in [-0.39, 0.29) is 11.2 Å². The Kier molecular flexibility index (Phi) is 7.21. The second-order valence-corrected chi connectivity index (χ2v) is 5.92. The van der Waals surface area contributed by atoms with Gasteiger partial charge in [-0.3, -0.25) is 19.3 Å². The number of unbranched alkanes of at least 4 members (excludes halogenated alkanes) is 5. The predicted octanol–water partition coefficient (Wildman–Crippen LogP) is 3.46. The highest BCUT2D eigenvalue weighted by molar-refractivity contribution is 5.68. The number of pyridine rings is 1. The molecule has 2 aromatic heterocycles. The van der Waals surface area contributed by atoms with Gasteiger partial charge in [-0.15, -0.1) is 0 Å². The number of hydrogen-bond donors (Lipinski definition) is 1. The summed E-state index contributed by atoms with van der Waals surface area (Å²) >= 11 is 0. The molecular weight excluding hydrogens is 302 g/mol. The zero-order valence-corrected chi connectivity index (χ0v) is 14.2. The van der Waals surface area contributed by atoms with Crippen LogP contribution in [0.3, 0.4) is 0 Å². The van der Waals surface area contributed by atoms with Gasteiger partial charge in [-0.1, -0.05) is 45.1 Å². The minimum Gasteiger partial charge on any atom is -0.300 e. The summed E-state index contributed by atoms with van der Waals surface area (Å²) in [7, 11) is 0. The van der Waals surface area contributed by atoms with Gasteiger partial charge in [0.05, 0.1) is 5.56 Å². The Hall–Kier alpha value is -2.43. The third-order valence-corrected chi connectivity index (χ3v) is 3.95. The van der Waals surface area contributed by atoms with E-state index < -0.39 is 0 Å². The van der Waals surface area contributed by atoms with Crippen LogP contribution >= 0.6 is 0 Å². The number of aromatic nitrogens is 3. The molecule has 0 atom stereocenters. The van der Waals surface area contributed by atoms with E-state index in [4.69, 9.17) is 0 Å². The molecule has 0 unspecified atom stereocenters. The van der Waals surface area contributed by atoms with Crippen LogP contribution in [-0.2, 0) is 6.54 Å². The SMILES string of the molecule is CCCCCCCCn1cc(/C=C/c2ccncc2)c(=O)[nH]c1=O. The van der Waals surface area contributed by atoms with Gasteiger partial charge in [0.15, 0.2) is 0 Å². The van der Waals surface area contributed by atoms with E-state index in [1.807, 2.05) is 18.2 Å². The molecule has 0 aliphatic carbocycles. The van der Waals surface area contributed by atoms with Crippen molar-refractivity contribution >= 4 is 12.2 Å². The predicted molar refractivity (Wildman–Crippen MR) is 97.9 cm³/mol. The minimum atomic E-state index is -0.357. The van der Waals surface area contributed by atoms with Gasteiger partial charge in [-0.25, -0.2) is 4.79 Å². The first-order chi connectivity index (χ1) is 11.7. The van der Waals surface area contributed by atoms with Crippen molar-refractivity contribution in [2.75, 3.05) is 0 Å². The van der Waals surface area contributed by atoms with E-state index in [2.05, 4.69) is 16.9 Å². The molecule has 5 heteroatoms. The third kappa shape index (κ3) is 5.65. The van der Waals surface area contributed by atoms with E-state index in [0.717, 1.165) is 18.4 Å². The number of nitrogens with one attached hydrogen (secondary N) is 1. The normalized spacial score (nSPS) is 11.2. The maximum atomic E-state index is 11.9. The first-order valence-electron chi connectivity index (χ1n) is 8.62. The van der Waals surface area contributed by atoms with Crippen LogP contribution in [0.5, 0.6) is 0 Å². The fourth-order valence-electron chi connectivity index (χ4n) is 2.53. The lowest BCUT2D eigenvalue weighted by atomic mass is 10.1. The molecule has 0 fully saturated rings. The van der Waals surface area contributed by atoms with E-state index in [0.29, 0.717) is 12.1 Å². The van der Waals surface area contributed by atoms with Crippen molar-refractivity contribution in [3.8, 4) is 0 Å². The summed E-state index contributed by atoms with van der Waals surface area (Å²) < 4.78 is 1.59. The summed E-state index contributed by atoms with van der Waals surface area (Å²) in [5.41, 5.74) is 0.745. The summed E-state index contributed by atoms with van der Waals surface area (Å²) in [6, 6.07) is 3.72. The molecule has 0 aliphatic rings. The molecule has 128 valence electrons. The van der Waals surface area contributed by atoms with Crippen molar-refractivity contribution in [2.45, 2.75) is 52.0 Å². The summed E-state index contributed by atoms with van der Waals surface area (Å²) in [6.07, 6.45) is 15.6. The smallest absolute Gasteiger partial charge is 0.300 e. The lowest BCUT2D eigenvalue weighted by Gasteiger charge is -2.06. The lowest BCUT2D eigenvalue weighted by Crippen LogP contribution is -2.30. The van der Waals surface area contributed by atoms with Crippen molar-refractivity contribution in [3.63, 3.8) is 0 Å². The monoisotopic (exact) mass is 327 g/mol. The van der Waals surface area contributed by atoms with Gasteiger partial charge in [0.2, 0.25) is 0 Å². The Balaban J connectivity index is 2.01. The summed E-state index contributed by atoms with van der Waals surface area (Å²) in [6.45, 7) is 2.83. The number of aryl methyl sites for hydroxylation is 1. The number of nitrogens with zero attached hydrogens (tertiary/aromatic N) is 2. The van der Waals surface area contributed by atoms with Crippen LogP contribution in [0, 0.1) is 0 Å². The summed E-state index contributed by atoms with van der Waals surface area (Å²) in [4.78, 5) is 30.2. The van der Waals surface area contributed by atoms with Gasteiger partial charge in [-0.05, 0) is 30.2 Å². The Morgan fingerprint density at radius 1 is 1.04 bits per heavy atom. The molecule has 2 heterocycles. The van der Waals surface area contributed by atoms with Crippen molar-refractivity contribution < 1.29 is 0 Å². The van der Waals surface area contributed by atoms with Crippen LogP contribution < -0.4 is 11.2 Å². The minimum absolute atomic E-state index is 0.338. The maximum absolute atomic E-state index is 11.9. The zero-order valence-electron chi connectivity index (χ0n) is 14.2. The van der Waals surface area contributed by atoms with E-state index in [1.54, 1.807) is 29.2 Å². The van der Waals surface area contributed by atoms with Crippen molar-refractivity contribution in [3.05, 3.63) is 62.7 Å². The molecule has 2 rings (SSSR count). The Morgan fingerprint density at radius 3 is 2.50 bits per heavy atom. The summed E-state index contributed by atoms with van der Waals surface area (Å²) in [5, 5.41) is 0. The van der Waals surface area contributed by atoms with Crippen molar-refractivity contribution in [1.82, 2.24) is 14.5 Å². The molecule has 0 aromatic carbocycles. The quantitative estimate of drug-likeness (QED) is 0.717. The average Bonchev–Trinajstić information content (AvgIpc) is 2.59. The van der Waals surface area contributed by atoms with Crippen LogP contribution in [0.4, 0.5) is 0 Å². The average molecular weight is 327 g/mol. The molecule has 24 heavy (non-hydrogen) atoms. The van der Waals surface area contributed by atoms with E-state index in [1.165, 1.54) is 25.7 Å². The Bertz CT molecular complexity index is 760. The maximum Gasteiger partial charge on any atom is 0.328 e. The molecule has 0 radical (unpaired) electrons. The molecule has 0 spiro atoms. The fourth-order valence-corrected chi connectivity index (χ4v) is 2.53. The molecule has 2 aromatic rings. The molecule has 0 amide bonds. The number of rotatable bonds is 9. The van der Waals surface area contributed by atoms with Gasteiger partial charge in [0.1, 0.15) is 0 Å². The van der Waals surface area contributed by atoms with Crippen LogP contribution in [0.15, 0.2) is 40.3 Å². The second-order valence-electron chi connectivity index (χ2n) is 5.92. The Morgan fingerprint density at radius 2 is 1.75 bits per heavy atom. The highest BCUT2D eigenvalue weighted by Gasteiger charge is 2.02. The largest absolute Gasteiger partial charge is 0.328 e. The molecule has 5 nitrogen and oxygen atoms in total. The highest BCUT2D eigenvalue weighted by Crippen LogP contribution is 2.06. The third-order valence-electron chi connectivity index (χ3n) is 3.95. The second kappa shape index (κ2) is 9.65. The number of hydrogen-bond acceptors (Lipinski definition) is 3. The molecule has 0 saturated heterocycles. The van der Waals surface area contributed by atoms with Gasteiger partial charge in [0, 0.05) is 25.1 Å². The van der Waals surface area contributed by atoms with Crippen LogP contribution in [-0.4, -0.2) is 14.5 Å². The van der Waals surface area contributed by atoms with Crippen LogP contribution in [0.1, 0.15) is 56.6 Å². The molecular formula is C19H25N3O2. The summed E-state index contributed by atoms with van der Waals surface area (Å²) in [5.74, 6) is 0. The van der Waals surface area contributed by atoms with Crippen LogP contribution in [0.2, 0.25) is 0 Å². The fraction of sp³-hybridized carbons (Fsp3) is 0.421. The van der Waals surface area contributed by atoms with Gasteiger partial charge >= 0.3 is 5.69 Å². The van der Waals surface area contributed by atoms with Crippen LogP contribution in [0.25, 0.3) is 12.2 Å². The topological polar surface area (TPSA) is 67.8 Å². The number of H-pyrrole nitrogens is 1. The molecule has 0 aliphatic heterocycles. The zero-order chi connectivity index (χ0) is 17.2. The molecule has 0 saturated carbocycles. The van der Waals surface area contributed by atoms with E-state index >= 15 is 0 Å². The standard InChI is InChI=1S/C19H25N3O2/c1-2-3-4-5-6-7-14-22-15-17(18(23)21-19(22)24)9-8-16-10-12-20-13-11-16/h8-13,15H,2-7,14H2,1H3,(H,21,23,24)/b9-8+.